The molecule has 1 N–H and O–H groups in total. The van der Waals surface area contributed by atoms with Crippen LogP contribution in [0, 0.1) is 11.3 Å². The highest BCUT2D eigenvalue weighted by Gasteiger charge is 2.33. The van der Waals surface area contributed by atoms with E-state index in [2.05, 4.69) is 26.1 Å². The van der Waals surface area contributed by atoms with Gasteiger partial charge < -0.3 is 10.1 Å². The lowest BCUT2D eigenvalue weighted by atomic mass is 9.72. The summed E-state index contributed by atoms with van der Waals surface area (Å²) in [5.74, 6) is 1.19. The highest BCUT2D eigenvalue weighted by molar-refractivity contribution is 7.16. The number of benzene rings is 3. The van der Waals surface area contributed by atoms with Gasteiger partial charge >= 0.3 is 0 Å². The van der Waals surface area contributed by atoms with Crippen LogP contribution >= 0.6 is 22.9 Å². The Balaban J connectivity index is 1.45. The summed E-state index contributed by atoms with van der Waals surface area (Å²) < 4.78 is 6.13. The number of carbonyl (C=O) groups is 1. The molecule has 1 heterocycles. The molecule has 39 heavy (non-hydrogen) atoms. The van der Waals surface area contributed by atoms with Crippen molar-refractivity contribution in [2.24, 2.45) is 16.3 Å². The molecule has 1 aliphatic rings. The van der Waals surface area contributed by atoms with Gasteiger partial charge in [-0.1, -0.05) is 74.8 Å². The molecule has 0 unspecified atom stereocenters. The van der Waals surface area contributed by atoms with Gasteiger partial charge in [-0.2, -0.15) is 0 Å². The van der Waals surface area contributed by atoms with Crippen molar-refractivity contribution in [2.45, 2.75) is 46.6 Å². The average molecular weight is 557 g/mol. The number of para-hydroxylation sites is 1. The number of aliphatic imine (C=N–C) groups is 1. The second kappa shape index (κ2) is 11.8. The molecule has 1 amide bonds. The fraction of sp³-hybridized carbons (Fsp3) is 0.273. The molecule has 5 rings (SSSR count). The van der Waals surface area contributed by atoms with Crippen LogP contribution in [0.3, 0.4) is 0 Å². The second-order valence-corrected chi connectivity index (χ2v) is 12.5. The Morgan fingerprint density at radius 1 is 1.05 bits per heavy atom. The monoisotopic (exact) mass is 556 g/mol. The maximum absolute atomic E-state index is 13.6. The molecule has 1 atom stereocenters. The van der Waals surface area contributed by atoms with E-state index in [4.69, 9.17) is 21.3 Å². The van der Waals surface area contributed by atoms with Gasteiger partial charge in [-0.15, -0.1) is 11.3 Å². The average Bonchev–Trinajstić information content (AvgIpc) is 3.30. The first-order valence-corrected chi connectivity index (χ1v) is 14.5. The van der Waals surface area contributed by atoms with Crippen LogP contribution < -0.4 is 10.1 Å². The molecule has 0 saturated carbocycles. The van der Waals surface area contributed by atoms with Crippen molar-refractivity contribution < 1.29 is 9.53 Å². The van der Waals surface area contributed by atoms with Crippen molar-refractivity contribution in [3.8, 4) is 5.75 Å². The van der Waals surface area contributed by atoms with Gasteiger partial charge in [0, 0.05) is 27.4 Å². The molecule has 0 fully saturated rings. The Morgan fingerprint density at radius 2 is 1.77 bits per heavy atom. The molecular weight excluding hydrogens is 524 g/mol. The third kappa shape index (κ3) is 6.60. The number of fused-ring (bicyclic) bond motifs is 1. The first-order valence-electron chi connectivity index (χ1n) is 13.3. The molecular formula is C33H33ClN2O2S. The molecule has 200 valence electrons. The Bertz CT molecular complexity index is 1470. The summed E-state index contributed by atoms with van der Waals surface area (Å²) in [6.45, 7) is 7.38. The number of nitrogens with zero attached hydrogens (tertiary/aromatic N) is 1. The van der Waals surface area contributed by atoms with Crippen LogP contribution in [0.15, 0.2) is 83.9 Å². The standard InChI is InChI=1S/C33H33ClN2O2S/c1-33(2,3)24-13-18-27-29(19-24)39-32(30(27)31(37)36-26-16-14-25(34)15-17-26)35-20-23-11-7-8-12-28(23)38-21-22-9-5-4-6-10-22/h4-12,14-17,20,24H,13,18-19,21H2,1-3H3,(H,36,37)/t24-/m1/s1. The molecule has 0 saturated heterocycles. The summed E-state index contributed by atoms with van der Waals surface area (Å²) in [4.78, 5) is 19.8. The first-order chi connectivity index (χ1) is 18.8. The number of hydrogen-bond acceptors (Lipinski definition) is 4. The summed E-state index contributed by atoms with van der Waals surface area (Å²) in [7, 11) is 0. The Hall–Kier alpha value is -3.41. The highest BCUT2D eigenvalue weighted by Crippen LogP contribution is 2.45. The minimum Gasteiger partial charge on any atom is -0.488 e. The molecule has 6 heteroatoms. The predicted molar refractivity (Wildman–Crippen MR) is 163 cm³/mol. The number of halogens is 1. The van der Waals surface area contributed by atoms with Gasteiger partial charge in [0.25, 0.3) is 5.91 Å². The maximum atomic E-state index is 13.6. The quantitative estimate of drug-likeness (QED) is 0.231. The van der Waals surface area contributed by atoms with Gasteiger partial charge in [-0.05, 0) is 78.1 Å². The number of carbonyl (C=O) groups excluding carboxylic acids is 1. The molecule has 4 nitrogen and oxygen atoms in total. The van der Waals surface area contributed by atoms with Crippen molar-refractivity contribution in [1.29, 1.82) is 0 Å². The number of ether oxygens (including phenoxy) is 1. The third-order valence-corrected chi connectivity index (χ3v) is 8.69. The fourth-order valence-electron chi connectivity index (χ4n) is 4.94. The zero-order valence-electron chi connectivity index (χ0n) is 22.5. The molecule has 4 aromatic rings. The van der Waals surface area contributed by atoms with Gasteiger partial charge in [0.2, 0.25) is 0 Å². The summed E-state index contributed by atoms with van der Waals surface area (Å²) in [6, 6.07) is 25.2. The van der Waals surface area contributed by atoms with E-state index < -0.39 is 0 Å². The molecule has 3 aromatic carbocycles. The van der Waals surface area contributed by atoms with E-state index in [9.17, 15) is 4.79 Å². The van der Waals surface area contributed by atoms with E-state index in [-0.39, 0.29) is 11.3 Å². The fourth-order valence-corrected chi connectivity index (χ4v) is 6.34. The van der Waals surface area contributed by atoms with Crippen molar-refractivity contribution in [1.82, 2.24) is 0 Å². The second-order valence-electron chi connectivity index (χ2n) is 11.0. The van der Waals surface area contributed by atoms with Crippen LogP contribution in [-0.4, -0.2) is 12.1 Å². The van der Waals surface area contributed by atoms with Crippen LogP contribution in [0.5, 0.6) is 5.75 Å². The summed E-state index contributed by atoms with van der Waals surface area (Å²) >= 11 is 7.69. The minimum absolute atomic E-state index is 0.134. The van der Waals surface area contributed by atoms with Gasteiger partial charge in [0.15, 0.2) is 0 Å². The number of amides is 1. The largest absolute Gasteiger partial charge is 0.488 e. The van der Waals surface area contributed by atoms with Gasteiger partial charge in [-0.25, -0.2) is 4.99 Å². The zero-order chi connectivity index (χ0) is 27.4. The normalized spacial score (nSPS) is 15.2. The third-order valence-electron chi connectivity index (χ3n) is 7.28. The van der Waals surface area contributed by atoms with Crippen LogP contribution in [-0.2, 0) is 19.4 Å². The predicted octanol–water partition coefficient (Wildman–Crippen LogP) is 9.13. The maximum Gasteiger partial charge on any atom is 0.259 e. The highest BCUT2D eigenvalue weighted by atomic mass is 35.5. The Morgan fingerprint density at radius 3 is 2.51 bits per heavy atom. The van der Waals surface area contributed by atoms with E-state index in [1.54, 1.807) is 23.5 Å². The lowest BCUT2D eigenvalue weighted by Gasteiger charge is -2.33. The van der Waals surface area contributed by atoms with Crippen molar-refractivity contribution >= 4 is 45.7 Å². The number of hydrogen-bond donors (Lipinski definition) is 1. The van der Waals surface area contributed by atoms with Gasteiger partial charge in [0.05, 0.1) is 5.56 Å². The first kappa shape index (κ1) is 27.2. The lowest BCUT2D eigenvalue weighted by molar-refractivity contribution is 0.102. The Kier molecular flexibility index (Phi) is 8.20. The Labute approximate surface area is 239 Å². The minimum atomic E-state index is -0.134. The van der Waals surface area contributed by atoms with E-state index in [0.717, 1.165) is 46.7 Å². The van der Waals surface area contributed by atoms with E-state index >= 15 is 0 Å². The van der Waals surface area contributed by atoms with Crippen LogP contribution in [0.1, 0.15) is 59.1 Å². The molecule has 0 radical (unpaired) electrons. The van der Waals surface area contributed by atoms with Crippen molar-refractivity contribution in [2.75, 3.05) is 5.32 Å². The zero-order valence-corrected chi connectivity index (χ0v) is 24.1. The van der Waals surface area contributed by atoms with Crippen molar-refractivity contribution in [3.63, 3.8) is 0 Å². The van der Waals surface area contributed by atoms with Gasteiger partial charge in [0.1, 0.15) is 17.4 Å². The van der Waals surface area contributed by atoms with Crippen LogP contribution in [0.2, 0.25) is 5.02 Å². The van der Waals surface area contributed by atoms with Crippen LogP contribution in [0.25, 0.3) is 0 Å². The van der Waals surface area contributed by atoms with E-state index in [0.29, 0.717) is 28.8 Å². The van der Waals surface area contributed by atoms with E-state index in [1.807, 2.05) is 72.9 Å². The molecule has 0 bridgehead atoms. The summed E-state index contributed by atoms with van der Waals surface area (Å²) in [5.41, 5.74) is 4.71. The lowest BCUT2D eigenvalue weighted by Crippen LogP contribution is -2.27. The number of rotatable bonds is 7. The number of anilines is 1. The number of nitrogens with one attached hydrogen (secondary N) is 1. The molecule has 1 aliphatic carbocycles. The van der Waals surface area contributed by atoms with E-state index in [1.165, 1.54) is 4.88 Å². The molecule has 0 aliphatic heterocycles. The topological polar surface area (TPSA) is 50.7 Å². The van der Waals surface area contributed by atoms with Gasteiger partial charge in [-0.3, -0.25) is 4.79 Å². The number of thiophene rings is 1. The van der Waals surface area contributed by atoms with Crippen molar-refractivity contribution in [3.05, 3.63) is 111 Å². The molecule has 1 aromatic heterocycles. The van der Waals surface area contributed by atoms with Crippen LogP contribution in [0.4, 0.5) is 10.7 Å². The SMILES string of the molecule is CC(C)(C)[C@@H]1CCc2c(sc(N=Cc3ccccc3OCc3ccccc3)c2C(=O)Nc2ccc(Cl)cc2)C1. The molecule has 0 spiro atoms. The summed E-state index contributed by atoms with van der Waals surface area (Å²) in [5, 5.41) is 4.43. The summed E-state index contributed by atoms with van der Waals surface area (Å²) in [6.07, 6.45) is 4.73. The smallest absolute Gasteiger partial charge is 0.259 e.